The van der Waals surface area contributed by atoms with Gasteiger partial charge < -0.3 is 5.73 Å². The molecule has 0 amide bonds. The Morgan fingerprint density at radius 3 is 2.82 bits per heavy atom. The smallest absolute Gasteiger partial charge is 0.280 e. The van der Waals surface area contributed by atoms with E-state index in [-0.39, 0.29) is 5.91 Å². The molecule has 0 aliphatic heterocycles. The number of hydrogen-bond donors (Lipinski definition) is 1. The second-order valence-corrected chi connectivity index (χ2v) is 5.61. The number of hydrogen-bond acceptors (Lipinski definition) is 4. The first-order valence-corrected chi connectivity index (χ1v) is 7.50. The summed E-state index contributed by atoms with van der Waals surface area (Å²) in [7, 11) is 0. The maximum atomic E-state index is 12.9. The minimum absolute atomic E-state index is 0.189. The fourth-order valence-electron chi connectivity index (χ4n) is 3.13. The molecule has 0 bridgehead atoms. The first-order valence-electron chi connectivity index (χ1n) is 7.50. The Morgan fingerprint density at radius 2 is 1.95 bits per heavy atom. The van der Waals surface area contributed by atoms with Gasteiger partial charge in [-0.3, -0.25) is 9.78 Å². The Balaban J connectivity index is 1.86. The number of nitrogens with two attached hydrogens (primary N) is 1. The van der Waals surface area contributed by atoms with Crippen molar-refractivity contribution in [1.82, 2.24) is 14.8 Å². The Morgan fingerprint density at radius 1 is 1.14 bits per heavy atom. The van der Waals surface area contributed by atoms with Crippen molar-refractivity contribution in [2.45, 2.75) is 25.7 Å². The number of pyridine rings is 1. The van der Waals surface area contributed by atoms with E-state index in [4.69, 9.17) is 5.73 Å². The molecule has 1 aliphatic rings. The highest BCUT2D eigenvalue weighted by atomic mass is 16.2. The lowest BCUT2D eigenvalue weighted by Gasteiger charge is -2.08. The predicted octanol–water partition coefficient (Wildman–Crippen LogP) is 2.58. The molecule has 1 aliphatic carbocycles. The summed E-state index contributed by atoms with van der Waals surface area (Å²) in [6.45, 7) is 0. The van der Waals surface area contributed by atoms with Gasteiger partial charge in [0.15, 0.2) is 0 Å². The second-order valence-electron chi connectivity index (χ2n) is 5.61. The van der Waals surface area contributed by atoms with Crippen LogP contribution in [0.5, 0.6) is 0 Å². The van der Waals surface area contributed by atoms with Gasteiger partial charge in [-0.05, 0) is 37.8 Å². The number of nitrogens with zero attached hydrogens (tertiary/aromatic N) is 3. The Labute approximate surface area is 127 Å². The molecule has 0 fully saturated rings. The normalized spacial score (nSPS) is 14.0. The number of nitrogen functional groups attached to an aromatic ring is 1. The number of rotatable bonds is 1. The van der Waals surface area contributed by atoms with E-state index < -0.39 is 0 Å². The van der Waals surface area contributed by atoms with Crippen LogP contribution < -0.4 is 5.73 Å². The standard InChI is InChI=1S/C17H16N4O/c18-16-13-6-2-4-8-15(13)20-21(16)17(22)12-9-10-19-14-7-3-1-5-11(12)14/h1,3,5,7,9-10H,2,4,6,8,18H2. The van der Waals surface area contributed by atoms with E-state index in [1.807, 2.05) is 24.3 Å². The van der Waals surface area contributed by atoms with Gasteiger partial charge in [-0.15, -0.1) is 0 Å². The van der Waals surface area contributed by atoms with Crippen molar-refractivity contribution in [2.24, 2.45) is 0 Å². The van der Waals surface area contributed by atoms with Crippen LogP contribution in [0.2, 0.25) is 0 Å². The lowest BCUT2D eigenvalue weighted by Crippen LogP contribution is -2.17. The van der Waals surface area contributed by atoms with E-state index in [9.17, 15) is 4.79 Å². The van der Waals surface area contributed by atoms with Crippen LogP contribution in [0.15, 0.2) is 36.5 Å². The Bertz CT molecular complexity index is 876. The van der Waals surface area contributed by atoms with E-state index in [2.05, 4.69) is 10.1 Å². The summed E-state index contributed by atoms with van der Waals surface area (Å²) in [5, 5.41) is 5.28. The van der Waals surface area contributed by atoms with Gasteiger partial charge in [0.2, 0.25) is 0 Å². The Kier molecular flexibility index (Phi) is 2.92. The average Bonchev–Trinajstić information content (AvgIpc) is 2.91. The van der Waals surface area contributed by atoms with Gasteiger partial charge in [0.1, 0.15) is 5.82 Å². The molecule has 2 heterocycles. The SMILES string of the molecule is Nc1c2c(nn1C(=O)c1ccnc3ccccc13)CCCC2. The van der Waals surface area contributed by atoms with Gasteiger partial charge in [-0.25, -0.2) is 0 Å². The topological polar surface area (TPSA) is 73.8 Å². The maximum Gasteiger partial charge on any atom is 0.280 e. The van der Waals surface area contributed by atoms with Gasteiger partial charge in [0.25, 0.3) is 5.91 Å². The summed E-state index contributed by atoms with van der Waals surface area (Å²) in [6, 6.07) is 9.33. The Hall–Kier alpha value is -2.69. The van der Waals surface area contributed by atoms with Gasteiger partial charge in [-0.2, -0.15) is 9.78 Å². The molecule has 3 aromatic rings. The molecule has 5 heteroatoms. The molecule has 5 nitrogen and oxygen atoms in total. The summed E-state index contributed by atoms with van der Waals surface area (Å²) < 4.78 is 1.36. The molecule has 1 aromatic carbocycles. The highest BCUT2D eigenvalue weighted by Crippen LogP contribution is 2.27. The third-order valence-corrected chi connectivity index (χ3v) is 4.27. The highest BCUT2D eigenvalue weighted by Gasteiger charge is 2.23. The molecule has 2 N–H and O–H groups in total. The van der Waals surface area contributed by atoms with Crippen LogP contribution in [-0.2, 0) is 12.8 Å². The number of aromatic nitrogens is 3. The van der Waals surface area contributed by atoms with E-state index in [0.717, 1.165) is 47.8 Å². The second kappa shape index (κ2) is 4.94. The van der Waals surface area contributed by atoms with Crippen molar-refractivity contribution in [3.05, 3.63) is 53.3 Å². The van der Waals surface area contributed by atoms with E-state index >= 15 is 0 Å². The van der Waals surface area contributed by atoms with Crippen LogP contribution in [0.4, 0.5) is 5.82 Å². The largest absolute Gasteiger partial charge is 0.383 e. The van der Waals surface area contributed by atoms with Gasteiger partial charge >= 0.3 is 0 Å². The molecule has 110 valence electrons. The molecule has 22 heavy (non-hydrogen) atoms. The van der Waals surface area contributed by atoms with Gasteiger partial charge in [0, 0.05) is 17.1 Å². The first-order chi connectivity index (χ1) is 10.8. The molecule has 0 radical (unpaired) electrons. The third kappa shape index (κ3) is 1.89. The summed E-state index contributed by atoms with van der Waals surface area (Å²) in [4.78, 5) is 17.2. The zero-order valence-corrected chi connectivity index (χ0v) is 12.1. The van der Waals surface area contributed by atoms with Crippen molar-refractivity contribution >= 4 is 22.6 Å². The number of anilines is 1. The van der Waals surface area contributed by atoms with Gasteiger partial charge in [0.05, 0.1) is 16.8 Å². The fraction of sp³-hybridized carbons (Fsp3) is 0.235. The molecule has 0 saturated carbocycles. The maximum absolute atomic E-state index is 12.9. The number of aryl methyl sites for hydroxylation is 1. The van der Waals surface area contributed by atoms with Gasteiger partial charge in [-0.1, -0.05) is 18.2 Å². The lowest BCUT2D eigenvalue weighted by atomic mass is 9.98. The number of para-hydroxylation sites is 1. The molecular formula is C17H16N4O. The molecular weight excluding hydrogens is 276 g/mol. The number of benzene rings is 1. The van der Waals surface area contributed by atoms with Crippen LogP contribution in [-0.4, -0.2) is 20.7 Å². The highest BCUT2D eigenvalue weighted by molar-refractivity contribution is 6.07. The zero-order valence-electron chi connectivity index (χ0n) is 12.1. The van der Waals surface area contributed by atoms with E-state index in [0.29, 0.717) is 11.4 Å². The van der Waals surface area contributed by atoms with Crippen molar-refractivity contribution in [3.63, 3.8) is 0 Å². The van der Waals surface area contributed by atoms with E-state index in [1.54, 1.807) is 12.3 Å². The van der Waals surface area contributed by atoms with Crippen LogP contribution in [0.3, 0.4) is 0 Å². The molecule has 4 rings (SSSR count). The quantitative estimate of drug-likeness (QED) is 0.748. The van der Waals surface area contributed by atoms with Crippen LogP contribution in [0.25, 0.3) is 10.9 Å². The number of carbonyl (C=O) groups excluding carboxylic acids is 1. The third-order valence-electron chi connectivity index (χ3n) is 4.27. The molecule has 2 aromatic heterocycles. The zero-order chi connectivity index (χ0) is 15.1. The molecule has 0 atom stereocenters. The number of fused-ring (bicyclic) bond motifs is 2. The minimum atomic E-state index is -0.189. The molecule has 0 unspecified atom stereocenters. The fourth-order valence-corrected chi connectivity index (χ4v) is 3.13. The number of carbonyl (C=O) groups is 1. The minimum Gasteiger partial charge on any atom is -0.383 e. The predicted molar refractivity (Wildman–Crippen MR) is 84.8 cm³/mol. The first kappa shape index (κ1) is 13.0. The van der Waals surface area contributed by atoms with Crippen molar-refractivity contribution < 1.29 is 4.79 Å². The van der Waals surface area contributed by atoms with Crippen LogP contribution >= 0.6 is 0 Å². The monoisotopic (exact) mass is 292 g/mol. The molecule has 0 saturated heterocycles. The van der Waals surface area contributed by atoms with E-state index in [1.165, 1.54) is 4.68 Å². The van der Waals surface area contributed by atoms with Crippen LogP contribution in [0.1, 0.15) is 34.5 Å². The lowest BCUT2D eigenvalue weighted by molar-refractivity contribution is 0.0949. The summed E-state index contributed by atoms with van der Waals surface area (Å²) >= 11 is 0. The van der Waals surface area contributed by atoms with Crippen molar-refractivity contribution in [3.8, 4) is 0 Å². The summed E-state index contributed by atoms with van der Waals surface area (Å²) in [5.41, 5.74) is 9.55. The summed E-state index contributed by atoms with van der Waals surface area (Å²) in [6.07, 6.45) is 5.67. The van der Waals surface area contributed by atoms with Crippen LogP contribution in [0, 0.1) is 0 Å². The van der Waals surface area contributed by atoms with Crippen molar-refractivity contribution in [2.75, 3.05) is 5.73 Å². The molecule has 0 spiro atoms. The average molecular weight is 292 g/mol. The van der Waals surface area contributed by atoms with Crippen molar-refractivity contribution in [1.29, 1.82) is 0 Å². The summed E-state index contributed by atoms with van der Waals surface area (Å²) in [5.74, 6) is 0.297.